The molecule has 1 amide bonds. The van der Waals surface area contributed by atoms with E-state index >= 15 is 0 Å². The minimum Gasteiger partial charge on any atom is -0.378 e. The van der Waals surface area contributed by atoms with Crippen LogP contribution in [0.25, 0.3) is 10.2 Å². The second kappa shape index (κ2) is 8.76. The molecule has 3 heterocycles. The summed E-state index contributed by atoms with van der Waals surface area (Å²) < 4.78 is 5.48. The first-order valence-electron chi connectivity index (χ1n) is 9.73. The maximum atomic E-state index is 12.5. The zero-order chi connectivity index (χ0) is 21.1. The van der Waals surface area contributed by atoms with Crippen LogP contribution >= 0.6 is 11.3 Å². The van der Waals surface area contributed by atoms with Crippen molar-refractivity contribution < 1.29 is 9.53 Å². The number of anilines is 2. The van der Waals surface area contributed by atoms with Crippen LogP contribution in [-0.2, 0) is 4.74 Å². The number of ether oxygens (including phenoxy) is 1. The van der Waals surface area contributed by atoms with Crippen molar-refractivity contribution in [2.24, 2.45) is 5.10 Å². The van der Waals surface area contributed by atoms with Gasteiger partial charge in [-0.3, -0.25) is 4.79 Å². The van der Waals surface area contributed by atoms with Gasteiger partial charge in [0.1, 0.15) is 10.6 Å². The number of carbonyl (C=O) groups is 1. The fourth-order valence-electron chi connectivity index (χ4n) is 3.21. The summed E-state index contributed by atoms with van der Waals surface area (Å²) in [6, 6.07) is 9.95. The van der Waals surface area contributed by atoms with E-state index in [0.29, 0.717) is 24.0 Å². The third-order valence-corrected chi connectivity index (χ3v) is 5.74. The number of aryl methyl sites for hydroxylation is 1. The smallest absolute Gasteiger partial charge is 0.263 e. The lowest BCUT2D eigenvalue weighted by atomic mass is 10.2. The van der Waals surface area contributed by atoms with Crippen LogP contribution in [-0.4, -0.2) is 67.4 Å². The van der Waals surface area contributed by atoms with Crippen LogP contribution in [0.3, 0.4) is 0 Å². The maximum absolute atomic E-state index is 12.5. The number of aromatic nitrogens is 2. The summed E-state index contributed by atoms with van der Waals surface area (Å²) in [5.41, 5.74) is 5.11. The third-order valence-electron chi connectivity index (χ3n) is 4.72. The van der Waals surface area contributed by atoms with Gasteiger partial charge >= 0.3 is 0 Å². The molecule has 1 aromatic carbocycles. The molecule has 30 heavy (non-hydrogen) atoms. The van der Waals surface area contributed by atoms with Crippen LogP contribution in [0, 0.1) is 6.92 Å². The third kappa shape index (κ3) is 4.42. The van der Waals surface area contributed by atoms with Crippen LogP contribution < -0.4 is 10.3 Å². The molecule has 9 heteroatoms. The predicted molar refractivity (Wildman–Crippen MR) is 121 cm³/mol. The van der Waals surface area contributed by atoms with E-state index in [-0.39, 0.29) is 5.91 Å². The lowest BCUT2D eigenvalue weighted by Gasteiger charge is -2.28. The number of hydrogen-bond donors (Lipinski definition) is 1. The van der Waals surface area contributed by atoms with Gasteiger partial charge in [-0.25, -0.2) is 10.4 Å². The molecule has 3 aromatic rings. The summed E-state index contributed by atoms with van der Waals surface area (Å²) in [4.78, 5) is 26.9. The maximum Gasteiger partial charge on any atom is 0.263 e. The van der Waals surface area contributed by atoms with Gasteiger partial charge < -0.3 is 14.5 Å². The second-order valence-electron chi connectivity index (χ2n) is 7.28. The number of thiophene rings is 1. The molecule has 0 unspecified atom stereocenters. The van der Waals surface area contributed by atoms with Crippen LogP contribution in [0.15, 0.2) is 35.4 Å². The Morgan fingerprint density at radius 1 is 1.27 bits per heavy atom. The molecule has 1 saturated heterocycles. The average molecular weight is 425 g/mol. The SMILES string of the molecule is Cc1cccc(/C=N/Nc2nc(N3CCOCC3)c3cc(C(=O)N(C)C)sc3n2)c1. The highest BCUT2D eigenvalue weighted by atomic mass is 32.1. The Morgan fingerprint density at radius 2 is 2.07 bits per heavy atom. The summed E-state index contributed by atoms with van der Waals surface area (Å²) in [6.45, 7) is 4.82. The minimum absolute atomic E-state index is 0.0436. The molecule has 1 aliphatic rings. The Hall–Kier alpha value is -3.04. The number of hydrogen-bond acceptors (Lipinski definition) is 8. The van der Waals surface area contributed by atoms with Crippen molar-refractivity contribution >= 4 is 45.4 Å². The molecule has 0 atom stereocenters. The summed E-state index contributed by atoms with van der Waals surface area (Å²) in [5, 5.41) is 5.18. The summed E-state index contributed by atoms with van der Waals surface area (Å²) in [6.07, 6.45) is 1.74. The normalized spacial score (nSPS) is 14.4. The molecule has 0 radical (unpaired) electrons. The fraction of sp³-hybridized carbons (Fsp3) is 0.333. The quantitative estimate of drug-likeness (QED) is 0.501. The van der Waals surface area contributed by atoms with Crippen LogP contribution in [0.2, 0.25) is 0 Å². The van der Waals surface area contributed by atoms with E-state index in [4.69, 9.17) is 9.72 Å². The number of rotatable bonds is 5. The molecular weight excluding hydrogens is 400 g/mol. The van der Waals surface area contributed by atoms with E-state index in [2.05, 4.69) is 20.4 Å². The van der Waals surface area contributed by atoms with Gasteiger partial charge in [0.05, 0.1) is 29.7 Å². The lowest BCUT2D eigenvalue weighted by molar-refractivity contribution is 0.0832. The number of nitrogens with zero attached hydrogens (tertiary/aromatic N) is 5. The lowest BCUT2D eigenvalue weighted by Crippen LogP contribution is -2.37. The van der Waals surface area contributed by atoms with E-state index < -0.39 is 0 Å². The highest BCUT2D eigenvalue weighted by Crippen LogP contribution is 2.33. The average Bonchev–Trinajstić information content (AvgIpc) is 3.17. The van der Waals surface area contributed by atoms with Gasteiger partial charge in [0, 0.05) is 27.2 Å². The van der Waals surface area contributed by atoms with Gasteiger partial charge in [0.2, 0.25) is 5.95 Å². The molecule has 0 bridgehead atoms. The highest BCUT2D eigenvalue weighted by Gasteiger charge is 2.21. The molecule has 2 aromatic heterocycles. The largest absolute Gasteiger partial charge is 0.378 e. The van der Waals surface area contributed by atoms with Crippen molar-refractivity contribution in [3.05, 3.63) is 46.3 Å². The number of nitrogens with one attached hydrogen (secondary N) is 1. The Morgan fingerprint density at radius 3 is 2.80 bits per heavy atom. The zero-order valence-corrected chi connectivity index (χ0v) is 18.1. The van der Waals surface area contributed by atoms with Crippen molar-refractivity contribution in [1.82, 2.24) is 14.9 Å². The first-order valence-corrected chi connectivity index (χ1v) is 10.5. The molecule has 8 nitrogen and oxygen atoms in total. The first-order chi connectivity index (χ1) is 14.5. The van der Waals surface area contributed by atoms with Crippen LogP contribution in [0.1, 0.15) is 20.8 Å². The van der Waals surface area contributed by atoms with Gasteiger partial charge in [-0.2, -0.15) is 10.1 Å². The van der Waals surface area contributed by atoms with Crippen molar-refractivity contribution in [3.8, 4) is 0 Å². The first kappa shape index (κ1) is 20.2. The molecule has 1 fully saturated rings. The van der Waals surface area contributed by atoms with Crippen LogP contribution in [0.4, 0.5) is 11.8 Å². The van der Waals surface area contributed by atoms with Gasteiger partial charge in [0.25, 0.3) is 5.91 Å². The van der Waals surface area contributed by atoms with Crippen molar-refractivity contribution in [2.45, 2.75) is 6.92 Å². The minimum atomic E-state index is -0.0436. The topological polar surface area (TPSA) is 82.9 Å². The second-order valence-corrected chi connectivity index (χ2v) is 8.31. The molecule has 1 aliphatic heterocycles. The number of fused-ring (bicyclic) bond motifs is 1. The van der Waals surface area contributed by atoms with Crippen molar-refractivity contribution in [2.75, 3.05) is 50.7 Å². The van der Waals surface area contributed by atoms with Crippen molar-refractivity contribution in [3.63, 3.8) is 0 Å². The monoisotopic (exact) mass is 424 g/mol. The van der Waals surface area contributed by atoms with E-state index in [1.807, 2.05) is 37.3 Å². The van der Waals surface area contributed by atoms with Gasteiger partial charge in [-0.05, 0) is 18.6 Å². The van der Waals surface area contributed by atoms with E-state index in [1.165, 1.54) is 16.9 Å². The number of morpholine rings is 1. The number of amides is 1. The van der Waals surface area contributed by atoms with Gasteiger partial charge in [0.15, 0.2) is 0 Å². The summed E-state index contributed by atoms with van der Waals surface area (Å²) in [7, 11) is 3.49. The summed E-state index contributed by atoms with van der Waals surface area (Å²) >= 11 is 1.37. The molecule has 0 spiro atoms. The van der Waals surface area contributed by atoms with E-state index in [1.54, 1.807) is 25.2 Å². The van der Waals surface area contributed by atoms with Gasteiger partial charge in [-0.15, -0.1) is 11.3 Å². The van der Waals surface area contributed by atoms with E-state index in [0.717, 1.165) is 34.7 Å². The molecule has 4 rings (SSSR count). The molecule has 1 N–H and O–H groups in total. The standard InChI is InChI=1S/C21H24N6O2S/c1-14-5-4-6-15(11-14)13-22-25-21-23-18(27-7-9-29-10-8-27)16-12-17(20(28)26(2)3)30-19(16)24-21/h4-6,11-13H,7-10H2,1-3H3,(H,23,24,25)/b22-13+. The van der Waals surface area contributed by atoms with E-state index in [9.17, 15) is 4.79 Å². The molecule has 0 saturated carbocycles. The Kier molecular flexibility index (Phi) is 5.91. The van der Waals surface area contributed by atoms with Gasteiger partial charge in [-0.1, -0.05) is 29.8 Å². The highest BCUT2D eigenvalue weighted by molar-refractivity contribution is 7.20. The number of carbonyl (C=O) groups excluding carboxylic acids is 1. The van der Waals surface area contributed by atoms with Crippen LogP contribution in [0.5, 0.6) is 0 Å². The molecule has 156 valence electrons. The molecule has 0 aliphatic carbocycles. The zero-order valence-electron chi connectivity index (χ0n) is 17.3. The Bertz CT molecular complexity index is 1090. The van der Waals surface area contributed by atoms with Crippen molar-refractivity contribution in [1.29, 1.82) is 0 Å². The predicted octanol–water partition coefficient (Wildman–Crippen LogP) is 2.98. The molecular formula is C21H24N6O2S. The number of hydrazone groups is 1. The number of benzene rings is 1. The summed E-state index contributed by atoms with van der Waals surface area (Å²) in [5.74, 6) is 1.15. The Labute approximate surface area is 179 Å². The Balaban J connectivity index is 1.68. The fourth-order valence-corrected chi connectivity index (χ4v) is 4.26.